The van der Waals surface area contributed by atoms with Gasteiger partial charge in [0.2, 0.25) is 0 Å². The van der Waals surface area contributed by atoms with Crippen molar-refractivity contribution < 1.29 is 0 Å². The first-order valence-electron chi connectivity index (χ1n) is 4.32. The van der Waals surface area contributed by atoms with E-state index in [0.29, 0.717) is 5.69 Å². The number of hydrogen-bond acceptors (Lipinski definition) is 3. The molecular weight excluding hydrogens is 190 g/mol. The molecule has 0 bridgehead atoms. The van der Waals surface area contributed by atoms with Gasteiger partial charge in [-0.2, -0.15) is 0 Å². The first-order valence-corrected chi connectivity index (χ1v) is 4.32. The molecule has 0 amide bonds. The Morgan fingerprint density at radius 2 is 2.07 bits per heavy atom. The van der Waals surface area contributed by atoms with Gasteiger partial charge in [0.15, 0.2) is 0 Å². The third-order valence-electron chi connectivity index (χ3n) is 1.91. The molecule has 0 unspecified atom stereocenters. The molecule has 5 heteroatoms. The lowest BCUT2D eigenvalue weighted by atomic mass is 10.1. The summed E-state index contributed by atoms with van der Waals surface area (Å²) in [6, 6.07) is 9.05. The molecule has 15 heavy (non-hydrogen) atoms. The Morgan fingerprint density at radius 1 is 1.20 bits per heavy atom. The summed E-state index contributed by atoms with van der Waals surface area (Å²) >= 11 is 0. The lowest BCUT2D eigenvalue weighted by Gasteiger charge is -2.02. The van der Waals surface area contributed by atoms with Gasteiger partial charge < -0.3 is 0 Å². The minimum Gasteiger partial charge on any atom is -0.245 e. The Labute approximate surface area is 86.1 Å². The number of rotatable bonds is 2. The second-order valence-electron chi connectivity index (χ2n) is 2.80. The Kier molecular flexibility index (Phi) is 2.58. The van der Waals surface area contributed by atoms with Gasteiger partial charge in [-0.05, 0) is 11.6 Å². The molecule has 0 aliphatic rings. The molecular formula is C10H7N5. The molecule has 0 aliphatic carbocycles. The van der Waals surface area contributed by atoms with Crippen LogP contribution in [0.15, 0.2) is 48.0 Å². The number of benzene rings is 1. The van der Waals surface area contributed by atoms with Crippen LogP contribution >= 0.6 is 0 Å². The van der Waals surface area contributed by atoms with Crippen molar-refractivity contribution in [3.05, 3.63) is 53.3 Å². The summed E-state index contributed by atoms with van der Waals surface area (Å²) in [5.74, 6) is 0. The van der Waals surface area contributed by atoms with E-state index < -0.39 is 0 Å². The first-order chi connectivity index (χ1) is 7.42. The van der Waals surface area contributed by atoms with Crippen molar-refractivity contribution in [2.75, 3.05) is 0 Å². The minimum atomic E-state index is 0.568. The summed E-state index contributed by atoms with van der Waals surface area (Å²) in [6.45, 7) is 0. The standard InChI is InChI=1S/C10H7N5/c11-15-14-10-4-2-1-3-8(10)9-5-6-12-7-13-9/h1-7H. The largest absolute Gasteiger partial charge is 0.245 e. The average molecular weight is 197 g/mol. The normalized spacial score (nSPS) is 9.33. The molecule has 0 fully saturated rings. The maximum Gasteiger partial charge on any atom is 0.116 e. The van der Waals surface area contributed by atoms with Crippen LogP contribution in [0.3, 0.4) is 0 Å². The highest BCUT2D eigenvalue weighted by Gasteiger charge is 2.02. The van der Waals surface area contributed by atoms with Crippen LogP contribution in [0.5, 0.6) is 0 Å². The highest BCUT2D eigenvalue weighted by molar-refractivity contribution is 5.72. The maximum absolute atomic E-state index is 8.42. The second-order valence-corrected chi connectivity index (χ2v) is 2.80. The van der Waals surface area contributed by atoms with Crippen molar-refractivity contribution in [1.29, 1.82) is 0 Å². The van der Waals surface area contributed by atoms with E-state index in [2.05, 4.69) is 20.0 Å². The van der Waals surface area contributed by atoms with Crippen molar-refractivity contribution >= 4 is 5.69 Å². The van der Waals surface area contributed by atoms with Crippen LogP contribution in [-0.2, 0) is 0 Å². The molecule has 0 radical (unpaired) electrons. The summed E-state index contributed by atoms with van der Waals surface area (Å²) in [4.78, 5) is 10.7. The van der Waals surface area contributed by atoms with Gasteiger partial charge in [-0.1, -0.05) is 29.4 Å². The van der Waals surface area contributed by atoms with Crippen LogP contribution in [0.4, 0.5) is 5.69 Å². The molecule has 0 N–H and O–H groups in total. The van der Waals surface area contributed by atoms with E-state index in [1.165, 1.54) is 6.33 Å². The molecule has 1 aromatic heterocycles. The molecule has 0 saturated carbocycles. The van der Waals surface area contributed by atoms with Gasteiger partial charge in [0.25, 0.3) is 0 Å². The van der Waals surface area contributed by atoms with Crippen molar-refractivity contribution in [1.82, 2.24) is 9.97 Å². The van der Waals surface area contributed by atoms with Crippen LogP contribution in [0, 0.1) is 0 Å². The molecule has 0 atom stereocenters. The van der Waals surface area contributed by atoms with Gasteiger partial charge in [-0.15, -0.1) is 0 Å². The van der Waals surface area contributed by atoms with E-state index in [4.69, 9.17) is 5.53 Å². The molecule has 2 rings (SSSR count). The SMILES string of the molecule is [N-]=[N+]=Nc1ccccc1-c1ccncn1. The summed E-state index contributed by atoms with van der Waals surface area (Å²) in [6.07, 6.45) is 3.11. The lowest BCUT2D eigenvalue weighted by molar-refractivity contribution is 1.17. The summed E-state index contributed by atoms with van der Waals surface area (Å²) in [5.41, 5.74) is 10.5. The van der Waals surface area contributed by atoms with Gasteiger partial charge in [-0.25, -0.2) is 9.97 Å². The van der Waals surface area contributed by atoms with Crippen molar-refractivity contribution in [3.63, 3.8) is 0 Å². The molecule has 0 aliphatic heterocycles. The number of azide groups is 1. The van der Waals surface area contributed by atoms with E-state index >= 15 is 0 Å². The van der Waals surface area contributed by atoms with Crippen LogP contribution < -0.4 is 0 Å². The van der Waals surface area contributed by atoms with E-state index in [9.17, 15) is 0 Å². The maximum atomic E-state index is 8.42. The van der Waals surface area contributed by atoms with E-state index in [-0.39, 0.29) is 0 Å². The first kappa shape index (κ1) is 9.18. The summed E-state index contributed by atoms with van der Waals surface area (Å²) in [7, 11) is 0. The Balaban J connectivity index is 2.58. The predicted octanol–water partition coefficient (Wildman–Crippen LogP) is 3.09. The van der Waals surface area contributed by atoms with Crippen LogP contribution in [0.1, 0.15) is 0 Å². The summed E-state index contributed by atoms with van der Waals surface area (Å²) < 4.78 is 0. The van der Waals surface area contributed by atoms with Crippen molar-refractivity contribution in [2.24, 2.45) is 5.11 Å². The molecule has 2 aromatic rings. The fourth-order valence-corrected chi connectivity index (χ4v) is 1.28. The third-order valence-corrected chi connectivity index (χ3v) is 1.91. The zero-order chi connectivity index (χ0) is 10.5. The van der Waals surface area contributed by atoms with Gasteiger partial charge in [0.05, 0.1) is 5.69 Å². The van der Waals surface area contributed by atoms with Crippen LogP contribution in [-0.4, -0.2) is 9.97 Å². The highest BCUT2D eigenvalue weighted by atomic mass is 15.1. The zero-order valence-electron chi connectivity index (χ0n) is 7.78. The Hall–Kier alpha value is -2.39. The molecule has 0 saturated heterocycles. The lowest BCUT2D eigenvalue weighted by Crippen LogP contribution is -1.83. The Morgan fingerprint density at radius 3 is 2.80 bits per heavy atom. The van der Waals surface area contributed by atoms with Gasteiger partial charge in [0, 0.05) is 22.4 Å². The Bertz CT molecular complexity index is 502. The number of hydrogen-bond donors (Lipinski definition) is 0. The van der Waals surface area contributed by atoms with Gasteiger partial charge in [-0.3, -0.25) is 0 Å². The van der Waals surface area contributed by atoms with Gasteiger partial charge >= 0.3 is 0 Å². The summed E-state index contributed by atoms with van der Waals surface area (Å²) in [5, 5.41) is 3.60. The van der Waals surface area contributed by atoms with E-state index in [1.54, 1.807) is 18.3 Å². The topological polar surface area (TPSA) is 74.5 Å². The molecule has 1 heterocycles. The van der Waals surface area contributed by atoms with Crippen molar-refractivity contribution in [2.45, 2.75) is 0 Å². The van der Waals surface area contributed by atoms with Crippen molar-refractivity contribution in [3.8, 4) is 11.3 Å². The number of aromatic nitrogens is 2. The third kappa shape index (κ3) is 1.92. The average Bonchev–Trinajstić information content (AvgIpc) is 2.31. The van der Waals surface area contributed by atoms with Crippen LogP contribution in [0.2, 0.25) is 0 Å². The molecule has 0 spiro atoms. The monoisotopic (exact) mass is 197 g/mol. The van der Waals surface area contributed by atoms with E-state index in [1.807, 2.05) is 18.2 Å². The second kappa shape index (κ2) is 4.21. The number of nitrogens with zero attached hydrogens (tertiary/aromatic N) is 5. The molecule has 5 nitrogen and oxygen atoms in total. The van der Waals surface area contributed by atoms with Crippen LogP contribution in [0.25, 0.3) is 21.7 Å². The van der Waals surface area contributed by atoms with Gasteiger partial charge in [0.1, 0.15) is 6.33 Å². The molecule has 72 valence electrons. The highest BCUT2D eigenvalue weighted by Crippen LogP contribution is 2.27. The van der Waals surface area contributed by atoms with E-state index in [0.717, 1.165) is 11.3 Å². The fraction of sp³-hybridized carbons (Fsp3) is 0. The quantitative estimate of drug-likeness (QED) is 0.421. The zero-order valence-corrected chi connectivity index (χ0v) is 7.78. The smallest absolute Gasteiger partial charge is 0.116 e. The molecule has 1 aromatic carbocycles. The fourth-order valence-electron chi connectivity index (χ4n) is 1.28. The minimum absolute atomic E-state index is 0.568. The predicted molar refractivity (Wildman–Crippen MR) is 56.3 cm³/mol.